The highest BCUT2D eigenvalue weighted by atomic mass is 15.3. The monoisotopic (exact) mass is 264 g/mol. The first kappa shape index (κ1) is 14.5. The minimum atomic E-state index is 0.204. The number of nitrogens with zero attached hydrogens (tertiary/aromatic N) is 3. The van der Waals surface area contributed by atoms with Crippen LogP contribution in [0.15, 0.2) is 6.33 Å². The van der Waals surface area contributed by atoms with Crippen LogP contribution in [0, 0.1) is 11.3 Å². The van der Waals surface area contributed by atoms with E-state index in [1.165, 1.54) is 25.7 Å². The highest BCUT2D eigenvalue weighted by molar-refractivity contribution is 4.96. The van der Waals surface area contributed by atoms with Gasteiger partial charge in [0.05, 0.1) is 0 Å². The first-order valence-corrected chi connectivity index (χ1v) is 7.67. The van der Waals surface area contributed by atoms with Gasteiger partial charge in [-0.05, 0) is 30.6 Å². The van der Waals surface area contributed by atoms with Crippen LogP contribution in [0.5, 0.6) is 0 Å². The van der Waals surface area contributed by atoms with Crippen molar-refractivity contribution in [1.29, 1.82) is 0 Å². The Morgan fingerprint density at radius 2 is 2.26 bits per heavy atom. The molecule has 1 aliphatic rings. The summed E-state index contributed by atoms with van der Waals surface area (Å²) in [7, 11) is 0. The Morgan fingerprint density at radius 3 is 2.95 bits per heavy atom. The number of nitrogens with two attached hydrogens (primary N) is 1. The molecule has 2 rings (SSSR count). The molecular weight excluding hydrogens is 236 g/mol. The van der Waals surface area contributed by atoms with E-state index in [9.17, 15) is 0 Å². The molecule has 0 amide bonds. The van der Waals surface area contributed by atoms with Crippen LogP contribution in [0.25, 0.3) is 0 Å². The standard InChI is InChI=1S/C15H28N4/c1-4-9-19-14(17-11-18-19)10-13(16)12-7-5-6-8-15(12,2)3/h11-13H,4-10,16H2,1-3H3. The summed E-state index contributed by atoms with van der Waals surface area (Å²) in [6, 6.07) is 0.204. The highest BCUT2D eigenvalue weighted by Gasteiger charge is 2.36. The van der Waals surface area contributed by atoms with Crippen molar-refractivity contribution < 1.29 is 0 Å². The molecule has 19 heavy (non-hydrogen) atoms. The number of hydrogen-bond acceptors (Lipinski definition) is 3. The van der Waals surface area contributed by atoms with Crippen LogP contribution in [0.1, 0.15) is 58.7 Å². The van der Waals surface area contributed by atoms with E-state index in [4.69, 9.17) is 5.73 Å². The molecule has 1 saturated carbocycles. The summed E-state index contributed by atoms with van der Waals surface area (Å²) < 4.78 is 2.01. The lowest BCUT2D eigenvalue weighted by atomic mass is 9.65. The van der Waals surface area contributed by atoms with E-state index in [1.54, 1.807) is 6.33 Å². The lowest BCUT2D eigenvalue weighted by molar-refractivity contribution is 0.111. The minimum Gasteiger partial charge on any atom is -0.327 e. The summed E-state index contributed by atoms with van der Waals surface area (Å²) in [6.45, 7) is 7.84. The third-order valence-corrected chi connectivity index (χ3v) is 4.66. The molecule has 2 atom stereocenters. The van der Waals surface area contributed by atoms with E-state index in [0.29, 0.717) is 11.3 Å². The third kappa shape index (κ3) is 3.35. The molecule has 0 aliphatic heterocycles. The maximum Gasteiger partial charge on any atom is 0.138 e. The molecule has 1 heterocycles. The zero-order chi connectivity index (χ0) is 13.9. The van der Waals surface area contributed by atoms with Crippen molar-refractivity contribution in [3.05, 3.63) is 12.2 Å². The van der Waals surface area contributed by atoms with Crippen LogP contribution < -0.4 is 5.73 Å². The van der Waals surface area contributed by atoms with Gasteiger partial charge in [-0.2, -0.15) is 5.10 Å². The van der Waals surface area contributed by atoms with Crippen LogP contribution >= 0.6 is 0 Å². The van der Waals surface area contributed by atoms with Crippen molar-refractivity contribution >= 4 is 0 Å². The van der Waals surface area contributed by atoms with Gasteiger partial charge in [-0.1, -0.05) is 33.6 Å². The van der Waals surface area contributed by atoms with Gasteiger partial charge in [0.15, 0.2) is 0 Å². The normalized spacial score (nSPS) is 24.3. The van der Waals surface area contributed by atoms with Crippen molar-refractivity contribution in [3.8, 4) is 0 Å². The Labute approximate surface area is 116 Å². The molecule has 1 aromatic heterocycles. The summed E-state index contributed by atoms with van der Waals surface area (Å²) in [6.07, 6.45) is 8.83. The van der Waals surface area contributed by atoms with E-state index in [0.717, 1.165) is 25.2 Å². The zero-order valence-electron chi connectivity index (χ0n) is 12.6. The van der Waals surface area contributed by atoms with Gasteiger partial charge in [0.2, 0.25) is 0 Å². The summed E-state index contributed by atoms with van der Waals surface area (Å²) in [5.74, 6) is 1.66. The fourth-order valence-electron chi connectivity index (χ4n) is 3.51. The molecule has 108 valence electrons. The molecule has 1 aromatic rings. The Morgan fingerprint density at radius 1 is 1.47 bits per heavy atom. The summed E-state index contributed by atoms with van der Waals surface area (Å²) in [5.41, 5.74) is 6.87. The summed E-state index contributed by atoms with van der Waals surface area (Å²) in [5, 5.41) is 4.29. The van der Waals surface area contributed by atoms with E-state index in [1.807, 2.05) is 4.68 Å². The first-order chi connectivity index (χ1) is 9.04. The second-order valence-electron chi connectivity index (χ2n) is 6.61. The van der Waals surface area contributed by atoms with Crippen LogP contribution in [0.3, 0.4) is 0 Å². The second-order valence-corrected chi connectivity index (χ2v) is 6.61. The van der Waals surface area contributed by atoms with E-state index >= 15 is 0 Å². The molecule has 4 heteroatoms. The van der Waals surface area contributed by atoms with Crippen molar-refractivity contribution in [2.24, 2.45) is 17.1 Å². The van der Waals surface area contributed by atoms with Gasteiger partial charge >= 0.3 is 0 Å². The van der Waals surface area contributed by atoms with E-state index < -0.39 is 0 Å². The van der Waals surface area contributed by atoms with Gasteiger partial charge in [-0.15, -0.1) is 0 Å². The van der Waals surface area contributed by atoms with Crippen LogP contribution in [-0.4, -0.2) is 20.8 Å². The molecular formula is C15H28N4. The molecule has 0 aromatic carbocycles. The molecule has 0 bridgehead atoms. The number of hydrogen-bond donors (Lipinski definition) is 1. The number of aryl methyl sites for hydroxylation is 1. The average Bonchev–Trinajstić information content (AvgIpc) is 2.76. The maximum absolute atomic E-state index is 6.50. The fourth-order valence-corrected chi connectivity index (χ4v) is 3.51. The number of aromatic nitrogens is 3. The van der Waals surface area contributed by atoms with Crippen molar-refractivity contribution in [2.75, 3.05) is 0 Å². The van der Waals surface area contributed by atoms with E-state index in [-0.39, 0.29) is 6.04 Å². The third-order valence-electron chi connectivity index (χ3n) is 4.66. The van der Waals surface area contributed by atoms with Gasteiger partial charge in [-0.25, -0.2) is 4.98 Å². The van der Waals surface area contributed by atoms with Crippen molar-refractivity contribution in [1.82, 2.24) is 14.8 Å². The maximum atomic E-state index is 6.50. The quantitative estimate of drug-likeness (QED) is 0.889. The molecule has 4 nitrogen and oxygen atoms in total. The molecule has 2 unspecified atom stereocenters. The van der Waals surface area contributed by atoms with Crippen molar-refractivity contribution in [2.45, 2.75) is 71.9 Å². The lowest BCUT2D eigenvalue weighted by Crippen LogP contribution is -2.43. The van der Waals surface area contributed by atoms with Crippen molar-refractivity contribution in [3.63, 3.8) is 0 Å². The summed E-state index contributed by atoms with van der Waals surface area (Å²) >= 11 is 0. The molecule has 1 fully saturated rings. The Balaban J connectivity index is 2.03. The predicted molar refractivity (Wildman–Crippen MR) is 77.7 cm³/mol. The Bertz CT molecular complexity index is 397. The van der Waals surface area contributed by atoms with Crippen LogP contribution in [0.4, 0.5) is 0 Å². The van der Waals surface area contributed by atoms with Gasteiger partial charge in [0.25, 0.3) is 0 Å². The molecule has 0 spiro atoms. The summed E-state index contributed by atoms with van der Waals surface area (Å²) in [4.78, 5) is 4.39. The molecule has 0 radical (unpaired) electrons. The predicted octanol–water partition coefficient (Wildman–Crippen LogP) is 2.77. The second kappa shape index (κ2) is 6.04. The Kier molecular flexibility index (Phi) is 4.61. The smallest absolute Gasteiger partial charge is 0.138 e. The van der Waals surface area contributed by atoms with Crippen LogP contribution in [0.2, 0.25) is 0 Å². The first-order valence-electron chi connectivity index (χ1n) is 7.67. The van der Waals surface area contributed by atoms with Gasteiger partial charge in [0.1, 0.15) is 12.2 Å². The Hall–Kier alpha value is -0.900. The largest absolute Gasteiger partial charge is 0.327 e. The highest BCUT2D eigenvalue weighted by Crippen LogP contribution is 2.42. The van der Waals surface area contributed by atoms with E-state index in [2.05, 4.69) is 30.9 Å². The average molecular weight is 264 g/mol. The minimum absolute atomic E-state index is 0.204. The fraction of sp³-hybridized carbons (Fsp3) is 0.867. The molecule has 0 saturated heterocycles. The lowest BCUT2D eigenvalue weighted by Gasteiger charge is -2.42. The SMILES string of the molecule is CCCn1ncnc1CC(N)C1CCCCC1(C)C. The zero-order valence-corrected chi connectivity index (χ0v) is 12.6. The van der Waals surface area contributed by atoms with Gasteiger partial charge in [-0.3, -0.25) is 4.68 Å². The topological polar surface area (TPSA) is 56.7 Å². The number of rotatable bonds is 5. The molecule has 1 aliphatic carbocycles. The van der Waals surface area contributed by atoms with Crippen LogP contribution in [-0.2, 0) is 13.0 Å². The van der Waals surface area contributed by atoms with Gasteiger partial charge in [0, 0.05) is 19.0 Å². The molecule has 2 N–H and O–H groups in total. The van der Waals surface area contributed by atoms with Gasteiger partial charge < -0.3 is 5.73 Å².